The van der Waals surface area contributed by atoms with Crippen LogP contribution < -0.4 is 20.1 Å². The maximum absolute atomic E-state index is 12.0. The molecule has 0 unspecified atom stereocenters. The molecule has 1 amide bonds. The zero-order chi connectivity index (χ0) is 16.2. The van der Waals surface area contributed by atoms with Crippen molar-refractivity contribution in [3.05, 3.63) is 46.4 Å². The molecule has 2 aromatic carbocycles. The van der Waals surface area contributed by atoms with E-state index in [-0.39, 0.29) is 19.1 Å². The second-order valence-electron chi connectivity index (χ2n) is 4.92. The van der Waals surface area contributed by atoms with Gasteiger partial charge in [-0.1, -0.05) is 23.2 Å². The fraction of sp³-hybridized carbons (Fsp3) is 0.188. The summed E-state index contributed by atoms with van der Waals surface area (Å²) in [6.45, 7) is 0.646. The Kier molecular flexibility index (Phi) is 4.79. The number of hydrogen-bond donors (Lipinski definition) is 2. The van der Waals surface area contributed by atoms with Crippen LogP contribution in [0.3, 0.4) is 0 Å². The van der Waals surface area contributed by atoms with Gasteiger partial charge in [0.25, 0.3) is 0 Å². The van der Waals surface area contributed by atoms with Gasteiger partial charge in [-0.3, -0.25) is 4.79 Å². The lowest BCUT2D eigenvalue weighted by atomic mass is 10.2. The minimum atomic E-state index is -0.116. The van der Waals surface area contributed by atoms with Crippen molar-refractivity contribution in [1.82, 2.24) is 0 Å². The van der Waals surface area contributed by atoms with E-state index in [2.05, 4.69) is 10.6 Å². The Balaban J connectivity index is 1.51. The molecule has 120 valence electrons. The van der Waals surface area contributed by atoms with Crippen LogP contribution in [0.1, 0.15) is 6.42 Å². The first-order valence-corrected chi connectivity index (χ1v) is 7.76. The average molecular weight is 353 g/mol. The Morgan fingerprint density at radius 2 is 1.91 bits per heavy atom. The van der Waals surface area contributed by atoms with Crippen LogP contribution in [0.4, 0.5) is 11.4 Å². The zero-order valence-electron chi connectivity index (χ0n) is 12.1. The molecule has 0 saturated carbocycles. The molecule has 0 fully saturated rings. The molecule has 0 saturated heterocycles. The number of fused-ring (bicyclic) bond motifs is 1. The maximum Gasteiger partial charge on any atom is 0.231 e. The van der Waals surface area contributed by atoms with Gasteiger partial charge in [0, 0.05) is 29.7 Å². The molecule has 5 nitrogen and oxygen atoms in total. The lowest BCUT2D eigenvalue weighted by Gasteiger charge is -2.09. The van der Waals surface area contributed by atoms with Crippen molar-refractivity contribution in [2.45, 2.75) is 6.42 Å². The van der Waals surface area contributed by atoms with E-state index in [1.807, 2.05) is 0 Å². The molecule has 2 aromatic rings. The largest absolute Gasteiger partial charge is 0.454 e. The third-order valence-electron chi connectivity index (χ3n) is 3.25. The van der Waals surface area contributed by atoms with E-state index in [4.69, 9.17) is 32.7 Å². The molecule has 0 spiro atoms. The molecular weight excluding hydrogens is 339 g/mol. The summed E-state index contributed by atoms with van der Waals surface area (Å²) in [5, 5.41) is 7.05. The summed E-state index contributed by atoms with van der Waals surface area (Å²) in [7, 11) is 0. The van der Waals surface area contributed by atoms with Gasteiger partial charge in [-0.25, -0.2) is 0 Å². The number of anilines is 2. The van der Waals surface area contributed by atoms with Crippen LogP contribution in [0, 0.1) is 0 Å². The van der Waals surface area contributed by atoms with Crippen LogP contribution in [0.15, 0.2) is 36.4 Å². The van der Waals surface area contributed by atoms with Gasteiger partial charge in [-0.2, -0.15) is 0 Å². The van der Waals surface area contributed by atoms with Gasteiger partial charge in [-0.15, -0.1) is 0 Å². The second-order valence-corrected chi connectivity index (χ2v) is 5.76. The fourth-order valence-corrected chi connectivity index (χ4v) is 2.50. The first-order valence-electron chi connectivity index (χ1n) is 7.00. The van der Waals surface area contributed by atoms with Gasteiger partial charge < -0.3 is 20.1 Å². The van der Waals surface area contributed by atoms with Crippen LogP contribution in [0.25, 0.3) is 0 Å². The molecule has 0 bridgehead atoms. The lowest BCUT2D eigenvalue weighted by Crippen LogP contribution is -2.16. The van der Waals surface area contributed by atoms with Crippen LogP contribution >= 0.6 is 23.2 Å². The number of rotatable bonds is 5. The van der Waals surface area contributed by atoms with Gasteiger partial charge in [0.1, 0.15) is 0 Å². The normalized spacial score (nSPS) is 12.1. The highest BCUT2D eigenvalue weighted by molar-refractivity contribution is 6.35. The van der Waals surface area contributed by atoms with Crippen molar-refractivity contribution in [3.63, 3.8) is 0 Å². The maximum atomic E-state index is 12.0. The summed E-state index contributed by atoms with van der Waals surface area (Å²) in [5.41, 5.74) is 1.37. The second kappa shape index (κ2) is 6.98. The third kappa shape index (κ3) is 4.00. The molecule has 0 radical (unpaired) electrons. The molecule has 1 aliphatic rings. The molecule has 0 aliphatic carbocycles. The van der Waals surface area contributed by atoms with Crippen molar-refractivity contribution in [2.24, 2.45) is 0 Å². The van der Waals surface area contributed by atoms with E-state index >= 15 is 0 Å². The van der Waals surface area contributed by atoms with E-state index < -0.39 is 0 Å². The van der Waals surface area contributed by atoms with Gasteiger partial charge in [0.05, 0.1) is 10.7 Å². The summed E-state index contributed by atoms with van der Waals surface area (Å²) >= 11 is 12.0. The Morgan fingerprint density at radius 3 is 2.78 bits per heavy atom. The number of carbonyl (C=O) groups excluding carboxylic acids is 1. The van der Waals surface area contributed by atoms with E-state index in [0.717, 1.165) is 0 Å². The number of nitrogens with one attached hydrogen (secondary N) is 2. The molecule has 3 rings (SSSR count). The Bertz CT molecular complexity index is 737. The molecule has 0 atom stereocenters. The quantitative estimate of drug-likeness (QED) is 0.847. The molecule has 23 heavy (non-hydrogen) atoms. The number of ether oxygens (including phenoxy) is 2. The smallest absolute Gasteiger partial charge is 0.231 e. The molecule has 1 aliphatic heterocycles. The predicted molar refractivity (Wildman–Crippen MR) is 90.8 cm³/mol. The minimum absolute atomic E-state index is 0.116. The zero-order valence-corrected chi connectivity index (χ0v) is 13.6. The SMILES string of the molecule is O=C(CCNc1cc(Cl)ccc1Cl)Nc1ccc2c(c1)OCO2. The lowest BCUT2D eigenvalue weighted by molar-refractivity contribution is -0.115. The fourth-order valence-electron chi connectivity index (χ4n) is 2.14. The van der Waals surface area contributed by atoms with Crippen molar-refractivity contribution in [1.29, 1.82) is 0 Å². The standard InChI is InChI=1S/C16H14Cl2N2O3/c17-10-1-3-12(18)13(7-10)19-6-5-16(21)20-11-2-4-14-15(8-11)23-9-22-14/h1-4,7-8,19H,5-6,9H2,(H,20,21). The van der Waals surface area contributed by atoms with Crippen molar-refractivity contribution >= 4 is 40.5 Å². The Morgan fingerprint density at radius 1 is 1.09 bits per heavy atom. The van der Waals surface area contributed by atoms with Crippen LogP contribution in [-0.2, 0) is 4.79 Å². The van der Waals surface area contributed by atoms with E-state index in [1.165, 1.54) is 0 Å². The van der Waals surface area contributed by atoms with Crippen molar-refractivity contribution in [2.75, 3.05) is 24.0 Å². The Hall–Kier alpha value is -2.11. The number of hydrogen-bond acceptors (Lipinski definition) is 4. The van der Waals surface area contributed by atoms with Gasteiger partial charge in [0.15, 0.2) is 11.5 Å². The topological polar surface area (TPSA) is 59.6 Å². The van der Waals surface area contributed by atoms with Crippen LogP contribution in [0.5, 0.6) is 11.5 Å². The van der Waals surface area contributed by atoms with Gasteiger partial charge in [0.2, 0.25) is 12.7 Å². The molecule has 7 heteroatoms. The number of halogens is 2. The summed E-state index contributed by atoms with van der Waals surface area (Å²) < 4.78 is 10.5. The Labute approximate surface area is 143 Å². The van der Waals surface area contributed by atoms with Gasteiger partial charge in [-0.05, 0) is 30.3 Å². The monoisotopic (exact) mass is 352 g/mol. The van der Waals surface area contributed by atoms with E-state index in [0.29, 0.717) is 39.5 Å². The van der Waals surface area contributed by atoms with Gasteiger partial charge >= 0.3 is 0 Å². The highest BCUT2D eigenvalue weighted by Gasteiger charge is 2.14. The van der Waals surface area contributed by atoms with Crippen LogP contribution in [0.2, 0.25) is 10.0 Å². The highest BCUT2D eigenvalue weighted by atomic mass is 35.5. The third-order valence-corrected chi connectivity index (χ3v) is 3.82. The molecular formula is C16H14Cl2N2O3. The average Bonchev–Trinajstić information content (AvgIpc) is 2.98. The number of carbonyl (C=O) groups is 1. The summed E-state index contributed by atoms with van der Waals surface area (Å²) in [6, 6.07) is 10.4. The van der Waals surface area contributed by atoms with E-state index in [9.17, 15) is 4.79 Å². The first-order chi connectivity index (χ1) is 11.1. The summed E-state index contributed by atoms with van der Waals surface area (Å²) in [6.07, 6.45) is 0.289. The molecule has 2 N–H and O–H groups in total. The van der Waals surface area contributed by atoms with Crippen molar-refractivity contribution in [3.8, 4) is 11.5 Å². The summed E-state index contributed by atoms with van der Waals surface area (Å²) in [4.78, 5) is 12.0. The highest BCUT2D eigenvalue weighted by Crippen LogP contribution is 2.34. The predicted octanol–water partition coefficient (Wildman–Crippen LogP) is 4.16. The van der Waals surface area contributed by atoms with Crippen molar-refractivity contribution < 1.29 is 14.3 Å². The van der Waals surface area contributed by atoms with E-state index in [1.54, 1.807) is 36.4 Å². The molecule has 1 heterocycles. The minimum Gasteiger partial charge on any atom is -0.454 e. The first kappa shape index (κ1) is 15.8. The number of amides is 1. The molecule has 0 aromatic heterocycles. The summed E-state index contributed by atoms with van der Waals surface area (Å²) in [5.74, 6) is 1.20. The number of benzene rings is 2. The van der Waals surface area contributed by atoms with Crippen LogP contribution in [-0.4, -0.2) is 19.2 Å².